The maximum absolute atomic E-state index is 8.91. The van der Waals surface area contributed by atoms with E-state index < -0.39 is 8.32 Å². The van der Waals surface area contributed by atoms with Crippen LogP contribution in [0.1, 0.15) is 20.8 Å². The molecule has 31 heavy (non-hydrogen) atoms. The maximum atomic E-state index is 8.91. The summed E-state index contributed by atoms with van der Waals surface area (Å²) in [5, 5.41) is 6.05. The molecule has 0 unspecified atom stereocenters. The summed E-state index contributed by atoms with van der Waals surface area (Å²) in [5.41, 5.74) is 8.91. The van der Waals surface area contributed by atoms with Crippen LogP contribution in [0.25, 0.3) is 10.4 Å². The Morgan fingerprint density at radius 3 is 2.23 bits per heavy atom. The SMILES string of the molecule is CC(C)(C)[Si](O[C@H]1[C@@H]2OCC=C[C@@H]2O[C@@H]1CN=[N+]=[N-])(c1ccccc1)c1ccccc1. The van der Waals surface area contributed by atoms with Crippen molar-refractivity contribution in [3.05, 3.63) is 83.3 Å². The zero-order valence-electron chi connectivity index (χ0n) is 18.2. The molecule has 0 radical (unpaired) electrons. The van der Waals surface area contributed by atoms with Crippen molar-refractivity contribution in [2.75, 3.05) is 13.2 Å². The molecule has 6 nitrogen and oxygen atoms in total. The Morgan fingerprint density at radius 2 is 1.68 bits per heavy atom. The molecule has 2 aliphatic heterocycles. The van der Waals surface area contributed by atoms with Crippen molar-refractivity contribution >= 4 is 18.7 Å². The number of rotatable bonds is 6. The predicted octanol–water partition coefficient (Wildman–Crippen LogP) is 3.96. The summed E-state index contributed by atoms with van der Waals surface area (Å²) >= 11 is 0. The van der Waals surface area contributed by atoms with E-state index in [1.165, 1.54) is 10.4 Å². The second-order valence-corrected chi connectivity index (χ2v) is 13.3. The molecule has 0 spiro atoms. The van der Waals surface area contributed by atoms with E-state index >= 15 is 0 Å². The Balaban J connectivity index is 1.85. The van der Waals surface area contributed by atoms with Gasteiger partial charge in [-0.25, -0.2) is 0 Å². The molecule has 7 heteroatoms. The van der Waals surface area contributed by atoms with Gasteiger partial charge in [-0.2, -0.15) is 0 Å². The minimum absolute atomic E-state index is 0.165. The van der Waals surface area contributed by atoms with Crippen LogP contribution in [0.15, 0.2) is 77.9 Å². The average Bonchev–Trinajstić information content (AvgIpc) is 3.13. The van der Waals surface area contributed by atoms with Gasteiger partial charge in [0.05, 0.1) is 19.3 Å². The Kier molecular flexibility index (Phi) is 6.32. The van der Waals surface area contributed by atoms with Crippen LogP contribution in [0.3, 0.4) is 0 Å². The Morgan fingerprint density at radius 1 is 1.06 bits per heavy atom. The van der Waals surface area contributed by atoms with E-state index in [0.717, 1.165) is 0 Å². The number of hydrogen-bond acceptors (Lipinski definition) is 4. The van der Waals surface area contributed by atoms with Gasteiger partial charge >= 0.3 is 0 Å². The number of fused-ring (bicyclic) bond motifs is 1. The molecule has 0 amide bonds. The van der Waals surface area contributed by atoms with Crippen molar-refractivity contribution < 1.29 is 13.9 Å². The van der Waals surface area contributed by atoms with Gasteiger partial charge in [0.2, 0.25) is 0 Å². The van der Waals surface area contributed by atoms with Gasteiger partial charge in [-0.05, 0) is 20.9 Å². The summed E-state index contributed by atoms with van der Waals surface area (Å²) in [6, 6.07) is 21.0. The van der Waals surface area contributed by atoms with Crippen LogP contribution in [-0.2, 0) is 13.9 Å². The lowest BCUT2D eigenvalue weighted by atomic mass is 10.1. The maximum Gasteiger partial charge on any atom is 0.261 e. The fourth-order valence-corrected chi connectivity index (χ4v) is 9.47. The highest BCUT2D eigenvalue weighted by Crippen LogP contribution is 2.41. The van der Waals surface area contributed by atoms with Gasteiger partial charge in [0, 0.05) is 4.91 Å². The molecule has 0 bridgehead atoms. The number of hydrogen-bond donors (Lipinski definition) is 0. The molecular weight excluding hydrogens is 406 g/mol. The van der Waals surface area contributed by atoms with Gasteiger partial charge in [-0.15, -0.1) is 0 Å². The summed E-state index contributed by atoms with van der Waals surface area (Å²) in [6.07, 6.45) is 2.87. The molecule has 0 aromatic heterocycles. The Labute approximate surface area is 184 Å². The zero-order chi connectivity index (χ0) is 21.9. The highest BCUT2D eigenvalue weighted by Gasteiger charge is 2.56. The molecule has 1 fully saturated rings. The lowest BCUT2D eigenvalue weighted by Crippen LogP contribution is -2.69. The third kappa shape index (κ3) is 4.07. The van der Waals surface area contributed by atoms with Crippen molar-refractivity contribution in [1.29, 1.82) is 0 Å². The van der Waals surface area contributed by atoms with Crippen LogP contribution in [0, 0.1) is 0 Å². The van der Waals surface area contributed by atoms with Gasteiger partial charge in [0.1, 0.15) is 18.3 Å². The minimum Gasteiger partial charge on any atom is -0.399 e. The fourth-order valence-electron chi connectivity index (χ4n) is 4.76. The fraction of sp³-hybridized carbons (Fsp3) is 0.417. The van der Waals surface area contributed by atoms with Crippen LogP contribution in [-0.4, -0.2) is 45.9 Å². The zero-order valence-corrected chi connectivity index (χ0v) is 19.2. The van der Waals surface area contributed by atoms with Crippen molar-refractivity contribution in [2.24, 2.45) is 5.11 Å². The Bertz CT molecular complexity index is 916. The van der Waals surface area contributed by atoms with Gasteiger partial charge in [0.25, 0.3) is 8.32 Å². The predicted molar refractivity (Wildman–Crippen MR) is 124 cm³/mol. The highest BCUT2D eigenvalue weighted by atomic mass is 28.4. The van der Waals surface area contributed by atoms with Crippen LogP contribution in [0.4, 0.5) is 0 Å². The topological polar surface area (TPSA) is 76.5 Å². The van der Waals surface area contributed by atoms with E-state index in [-0.39, 0.29) is 36.0 Å². The molecule has 1 saturated heterocycles. The highest BCUT2D eigenvalue weighted by molar-refractivity contribution is 6.99. The molecule has 2 aliphatic rings. The number of ether oxygens (including phenoxy) is 2. The van der Waals surface area contributed by atoms with Crippen molar-refractivity contribution in [3.8, 4) is 0 Å². The molecule has 2 aromatic rings. The monoisotopic (exact) mass is 435 g/mol. The molecule has 0 saturated carbocycles. The van der Waals surface area contributed by atoms with Gasteiger partial charge < -0.3 is 13.9 Å². The van der Waals surface area contributed by atoms with E-state index in [4.69, 9.17) is 19.4 Å². The molecule has 0 N–H and O–H groups in total. The summed E-state index contributed by atoms with van der Waals surface area (Å²) in [7, 11) is -2.79. The van der Waals surface area contributed by atoms with Crippen molar-refractivity contribution in [2.45, 2.75) is 50.2 Å². The first-order chi connectivity index (χ1) is 15.0. The third-order valence-electron chi connectivity index (χ3n) is 6.11. The first-order valence-corrected chi connectivity index (χ1v) is 12.6. The second-order valence-electron chi connectivity index (χ2n) is 9.02. The number of benzene rings is 2. The molecule has 0 aliphatic carbocycles. The lowest BCUT2D eigenvalue weighted by molar-refractivity contribution is -0.0157. The van der Waals surface area contributed by atoms with E-state index in [1.807, 2.05) is 24.3 Å². The summed E-state index contributed by atoms with van der Waals surface area (Å²) in [5.74, 6) is 0. The van der Waals surface area contributed by atoms with E-state index in [0.29, 0.717) is 6.61 Å². The quantitative estimate of drug-likeness (QED) is 0.227. The van der Waals surface area contributed by atoms with Crippen molar-refractivity contribution in [3.63, 3.8) is 0 Å². The molecule has 162 valence electrons. The van der Waals surface area contributed by atoms with E-state index in [2.05, 4.69) is 79.3 Å². The van der Waals surface area contributed by atoms with Gasteiger partial charge in [-0.3, -0.25) is 0 Å². The molecular formula is C24H29N3O3Si. The molecule has 4 atom stereocenters. The summed E-state index contributed by atoms with van der Waals surface area (Å²) in [6.45, 7) is 7.48. The Hall–Kier alpha value is -2.41. The molecule has 2 heterocycles. The smallest absolute Gasteiger partial charge is 0.261 e. The van der Waals surface area contributed by atoms with E-state index in [1.54, 1.807) is 0 Å². The largest absolute Gasteiger partial charge is 0.399 e. The van der Waals surface area contributed by atoms with Crippen LogP contribution >= 0.6 is 0 Å². The normalized spacial score (nSPS) is 25.6. The second kappa shape index (κ2) is 8.98. The number of nitrogens with zero attached hydrogens (tertiary/aromatic N) is 3. The lowest BCUT2D eigenvalue weighted by Gasteiger charge is -2.46. The number of azide groups is 1. The summed E-state index contributed by atoms with van der Waals surface area (Å²) < 4.78 is 19.6. The third-order valence-corrected chi connectivity index (χ3v) is 11.1. The average molecular weight is 436 g/mol. The van der Waals surface area contributed by atoms with Crippen LogP contribution in [0.2, 0.25) is 5.04 Å². The van der Waals surface area contributed by atoms with Gasteiger partial charge in [-0.1, -0.05) is 98.7 Å². The summed E-state index contributed by atoms with van der Waals surface area (Å²) in [4.78, 5) is 2.95. The van der Waals surface area contributed by atoms with Crippen LogP contribution < -0.4 is 10.4 Å². The first-order valence-electron chi connectivity index (χ1n) is 10.7. The van der Waals surface area contributed by atoms with Crippen LogP contribution in [0.5, 0.6) is 0 Å². The van der Waals surface area contributed by atoms with E-state index in [9.17, 15) is 0 Å². The standard InChI is InChI=1S/C24H29N3O3Si/c1-24(2,3)31(18-11-6-4-7-12-18,19-13-8-5-9-14-19)30-23-21(17-26-27-25)29-20-15-10-16-28-22(20)23/h4-15,20-23H,16-17H2,1-3H3/t20-,21+,22+,23+/m0/s1. The first kappa shape index (κ1) is 21.8. The minimum atomic E-state index is -2.79. The molecule has 4 rings (SSSR count). The van der Waals surface area contributed by atoms with Gasteiger partial charge in [0.15, 0.2) is 0 Å². The molecule has 2 aromatic carbocycles. The van der Waals surface area contributed by atoms with Crippen molar-refractivity contribution in [1.82, 2.24) is 0 Å².